The van der Waals surface area contributed by atoms with E-state index < -0.39 is 23.9 Å². The molecule has 1 aromatic rings. The van der Waals surface area contributed by atoms with Gasteiger partial charge in [0.15, 0.2) is 0 Å². The molecule has 3 rings (SSSR count). The highest BCUT2D eigenvalue weighted by atomic mass is 35.5. The highest BCUT2D eigenvalue weighted by molar-refractivity contribution is 6.62. The topological polar surface area (TPSA) is 57.2 Å². The van der Waals surface area contributed by atoms with Crippen molar-refractivity contribution in [1.82, 2.24) is 4.90 Å². The van der Waals surface area contributed by atoms with E-state index in [1.807, 2.05) is 66.7 Å². The molecule has 0 unspecified atom stereocenters. The fourth-order valence-electron chi connectivity index (χ4n) is 3.12. The Hall–Kier alpha value is -1.44. The number of rotatable bonds is 4. The number of hydrogen-bond donors (Lipinski definition) is 0. The predicted molar refractivity (Wildman–Crippen MR) is 114 cm³/mol. The second-order valence-electron chi connectivity index (χ2n) is 9.84. The zero-order valence-electron chi connectivity index (χ0n) is 18.4. The normalized spacial score (nSPS) is 21.1. The molecule has 1 amide bonds. The van der Waals surface area contributed by atoms with E-state index in [2.05, 4.69) is 0 Å². The van der Waals surface area contributed by atoms with Gasteiger partial charge in [0.1, 0.15) is 11.4 Å². The molecule has 29 heavy (non-hydrogen) atoms. The van der Waals surface area contributed by atoms with Crippen LogP contribution in [0.2, 0.25) is 5.02 Å². The fraction of sp³-hybridized carbons (Fsp3) is 0.667. The van der Waals surface area contributed by atoms with Gasteiger partial charge in [0, 0.05) is 19.0 Å². The maximum Gasteiger partial charge on any atom is 0.494 e. The third-order valence-electron chi connectivity index (χ3n) is 5.56. The lowest BCUT2D eigenvalue weighted by molar-refractivity contribution is -0.00781. The molecule has 1 aromatic carbocycles. The van der Waals surface area contributed by atoms with Crippen LogP contribution in [-0.2, 0) is 14.0 Å². The van der Waals surface area contributed by atoms with Gasteiger partial charge in [-0.1, -0.05) is 17.7 Å². The van der Waals surface area contributed by atoms with Gasteiger partial charge >= 0.3 is 13.2 Å². The van der Waals surface area contributed by atoms with Crippen molar-refractivity contribution < 1.29 is 23.6 Å². The van der Waals surface area contributed by atoms with E-state index in [1.54, 1.807) is 4.90 Å². The molecule has 6 nitrogen and oxygen atoms in total. The fourth-order valence-corrected chi connectivity index (χ4v) is 3.36. The van der Waals surface area contributed by atoms with Gasteiger partial charge in [-0.3, -0.25) is 0 Å². The summed E-state index contributed by atoms with van der Waals surface area (Å²) in [6.07, 6.45) is -0.279. The molecule has 0 bridgehead atoms. The maximum absolute atomic E-state index is 12.0. The standard InChI is InChI=1S/C21H31BClNO5/c1-19(2,3)27-18(25)24-11-14(12-24)13-26-17-9-8-15(10-16(17)23)22-28-20(4,5)21(6,7)29-22/h8-10,14H,11-13H2,1-7H3. The van der Waals surface area contributed by atoms with E-state index in [9.17, 15) is 4.79 Å². The minimum Gasteiger partial charge on any atom is -0.492 e. The highest BCUT2D eigenvalue weighted by Gasteiger charge is 2.51. The van der Waals surface area contributed by atoms with Crippen molar-refractivity contribution in [3.8, 4) is 5.75 Å². The van der Waals surface area contributed by atoms with Crippen LogP contribution >= 0.6 is 11.6 Å². The Kier molecular flexibility index (Phi) is 5.89. The number of benzene rings is 1. The third-order valence-corrected chi connectivity index (χ3v) is 5.86. The van der Waals surface area contributed by atoms with Gasteiger partial charge < -0.3 is 23.7 Å². The largest absolute Gasteiger partial charge is 0.494 e. The van der Waals surface area contributed by atoms with Gasteiger partial charge in [-0.25, -0.2) is 4.79 Å². The lowest BCUT2D eigenvalue weighted by Gasteiger charge is -2.39. The first-order valence-corrected chi connectivity index (χ1v) is 10.4. The summed E-state index contributed by atoms with van der Waals surface area (Å²) < 4.78 is 23.4. The van der Waals surface area contributed by atoms with Crippen LogP contribution in [-0.4, -0.2) is 54.6 Å². The van der Waals surface area contributed by atoms with Crippen LogP contribution in [0.25, 0.3) is 0 Å². The Balaban J connectivity index is 1.51. The number of ether oxygens (including phenoxy) is 2. The SMILES string of the molecule is CC(C)(C)OC(=O)N1CC(COc2ccc(B3OC(C)(C)C(C)(C)O3)cc2Cl)C1. The molecule has 0 spiro atoms. The van der Waals surface area contributed by atoms with Crippen LogP contribution in [0.15, 0.2) is 18.2 Å². The molecule has 0 radical (unpaired) electrons. The van der Waals surface area contributed by atoms with Crippen molar-refractivity contribution in [1.29, 1.82) is 0 Å². The number of carbonyl (C=O) groups excluding carboxylic acids is 1. The highest BCUT2D eigenvalue weighted by Crippen LogP contribution is 2.37. The number of likely N-dealkylation sites (tertiary alicyclic amines) is 1. The summed E-state index contributed by atoms with van der Waals surface area (Å²) >= 11 is 6.43. The monoisotopic (exact) mass is 423 g/mol. The van der Waals surface area contributed by atoms with E-state index in [-0.39, 0.29) is 12.0 Å². The lowest BCUT2D eigenvalue weighted by Crippen LogP contribution is -2.53. The minimum atomic E-state index is -0.481. The molecule has 8 heteroatoms. The summed E-state index contributed by atoms with van der Waals surface area (Å²) in [7, 11) is -0.458. The second kappa shape index (κ2) is 7.67. The quantitative estimate of drug-likeness (QED) is 0.688. The summed E-state index contributed by atoms with van der Waals surface area (Å²) in [5, 5.41) is 0.514. The summed E-state index contributed by atoms with van der Waals surface area (Å²) in [6, 6.07) is 5.58. The van der Waals surface area contributed by atoms with Crippen LogP contribution in [0.5, 0.6) is 5.75 Å². The molecule has 2 heterocycles. The van der Waals surface area contributed by atoms with Crippen molar-refractivity contribution in [2.24, 2.45) is 5.92 Å². The average Bonchev–Trinajstić information content (AvgIpc) is 2.73. The van der Waals surface area contributed by atoms with E-state index in [4.69, 9.17) is 30.4 Å². The maximum atomic E-state index is 12.0. The zero-order valence-corrected chi connectivity index (χ0v) is 19.1. The molecule has 2 aliphatic rings. The first-order valence-electron chi connectivity index (χ1n) is 10.0. The summed E-state index contributed by atoms with van der Waals surface area (Å²) in [6.45, 7) is 15.4. The molecule has 0 atom stereocenters. The van der Waals surface area contributed by atoms with Gasteiger partial charge in [0.05, 0.1) is 22.8 Å². The zero-order chi connectivity index (χ0) is 21.6. The molecule has 160 valence electrons. The number of hydrogen-bond acceptors (Lipinski definition) is 5. The summed E-state index contributed by atoms with van der Waals surface area (Å²) in [5.74, 6) is 0.879. The minimum absolute atomic E-state index is 0.265. The van der Waals surface area contributed by atoms with E-state index in [0.29, 0.717) is 30.5 Å². The van der Waals surface area contributed by atoms with Gasteiger partial charge in [0.25, 0.3) is 0 Å². The van der Waals surface area contributed by atoms with Gasteiger partial charge in [-0.15, -0.1) is 0 Å². The van der Waals surface area contributed by atoms with E-state index >= 15 is 0 Å². The first kappa shape index (κ1) is 22.3. The molecule has 0 saturated carbocycles. The van der Waals surface area contributed by atoms with Crippen molar-refractivity contribution in [3.05, 3.63) is 23.2 Å². The summed E-state index contributed by atoms with van der Waals surface area (Å²) in [5.41, 5.74) is -0.418. The van der Waals surface area contributed by atoms with Crippen LogP contribution in [0.1, 0.15) is 48.5 Å². The van der Waals surface area contributed by atoms with Crippen LogP contribution in [0.3, 0.4) is 0 Å². The Morgan fingerprint density at radius 1 is 1.21 bits per heavy atom. The molecule has 2 saturated heterocycles. The van der Waals surface area contributed by atoms with E-state index in [1.165, 1.54) is 0 Å². The van der Waals surface area contributed by atoms with E-state index in [0.717, 1.165) is 5.46 Å². The molecule has 0 aliphatic carbocycles. The lowest BCUT2D eigenvalue weighted by atomic mass is 9.79. The Morgan fingerprint density at radius 2 is 1.79 bits per heavy atom. The Morgan fingerprint density at radius 3 is 2.31 bits per heavy atom. The smallest absolute Gasteiger partial charge is 0.492 e. The second-order valence-corrected chi connectivity index (χ2v) is 10.2. The first-order chi connectivity index (χ1) is 13.3. The molecule has 2 fully saturated rings. The molecule has 0 N–H and O–H groups in total. The molecule has 0 aromatic heterocycles. The number of nitrogens with zero attached hydrogens (tertiary/aromatic N) is 1. The Labute approximate surface area is 178 Å². The van der Waals surface area contributed by atoms with Crippen LogP contribution in [0.4, 0.5) is 4.79 Å². The Bertz CT molecular complexity index is 755. The molecular formula is C21H31BClNO5. The number of carbonyl (C=O) groups is 1. The van der Waals surface area contributed by atoms with Crippen molar-refractivity contribution in [3.63, 3.8) is 0 Å². The number of halogens is 1. The average molecular weight is 424 g/mol. The van der Waals surface area contributed by atoms with Crippen LogP contribution < -0.4 is 10.2 Å². The predicted octanol–water partition coefficient (Wildman–Crippen LogP) is 3.88. The third kappa shape index (κ3) is 5.01. The molecular weight excluding hydrogens is 392 g/mol. The molecule has 2 aliphatic heterocycles. The van der Waals surface area contributed by atoms with Crippen molar-refractivity contribution >= 4 is 30.3 Å². The van der Waals surface area contributed by atoms with Crippen molar-refractivity contribution in [2.45, 2.75) is 65.3 Å². The van der Waals surface area contributed by atoms with Crippen molar-refractivity contribution in [2.75, 3.05) is 19.7 Å². The van der Waals surface area contributed by atoms with Crippen LogP contribution in [0, 0.1) is 5.92 Å². The summed E-state index contributed by atoms with van der Waals surface area (Å²) in [4.78, 5) is 13.7. The number of amides is 1. The van der Waals surface area contributed by atoms with Gasteiger partial charge in [0.2, 0.25) is 0 Å². The van der Waals surface area contributed by atoms with Gasteiger partial charge in [-0.05, 0) is 66.1 Å². The van der Waals surface area contributed by atoms with Gasteiger partial charge in [-0.2, -0.15) is 0 Å².